The third-order valence-corrected chi connectivity index (χ3v) is 2.72. The van der Waals surface area contributed by atoms with Gasteiger partial charge in [0.05, 0.1) is 12.0 Å². The van der Waals surface area contributed by atoms with Gasteiger partial charge in [-0.3, -0.25) is 14.4 Å². The predicted molar refractivity (Wildman–Crippen MR) is 48.0 cm³/mol. The van der Waals surface area contributed by atoms with Gasteiger partial charge in [0.25, 0.3) is 11.8 Å². The molecule has 0 aromatic rings. The molecule has 2 atom stereocenters. The number of hydroxylamine groups is 2. The summed E-state index contributed by atoms with van der Waals surface area (Å²) >= 11 is 0. The summed E-state index contributed by atoms with van der Waals surface area (Å²) in [6.07, 6.45) is -0.447. The van der Waals surface area contributed by atoms with E-state index < -0.39 is 23.9 Å². The molecule has 2 aliphatic heterocycles. The average molecular weight is 229 g/mol. The van der Waals surface area contributed by atoms with E-state index in [4.69, 9.17) is 9.84 Å². The molecule has 2 unspecified atom stereocenters. The van der Waals surface area contributed by atoms with Crippen LogP contribution in [0.2, 0.25) is 0 Å². The zero-order chi connectivity index (χ0) is 11.7. The van der Waals surface area contributed by atoms with Gasteiger partial charge in [-0.2, -0.15) is 0 Å². The Hall–Kier alpha value is -1.63. The van der Waals surface area contributed by atoms with E-state index in [0.29, 0.717) is 18.1 Å². The van der Waals surface area contributed by atoms with Crippen LogP contribution in [0.1, 0.15) is 19.3 Å². The second-order valence-corrected chi connectivity index (χ2v) is 3.75. The lowest BCUT2D eigenvalue weighted by Crippen LogP contribution is -2.35. The Morgan fingerprint density at radius 3 is 2.81 bits per heavy atom. The second kappa shape index (κ2) is 4.09. The molecule has 2 aliphatic rings. The van der Waals surface area contributed by atoms with Crippen LogP contribution in [-0.2, 0) is 19.2 Å². The molecule has 0 radical (unpaired) electrons. The van der Waals surface area contributed by atoms with Crippen molar-refractivity contribution in [2.75, 3.05) is 6.61 Å². The Bertz CT molecular complexity index is 335. The van der Waals surface area contributed by atoms with E-state index in [1.165, 1.54) is 0 Å². The molecule has 2 fully saturated rings. The summed E-state index contributed by atoms with van der Waals surface area (Å²) in [6, 6.07) is 0. The molecular weight excluding hydrogens is 218 g/mol. The number of carboxylic acid groups (broad SMARTS) is 1. The zero-order valence-corrected chi connectivity index (χ0v) is 8.42. The normalized spacial score (nSPS) is 29.9. The van der Waals surface area contributed by atoms with Gasteiger partial charge < -0.3 is 9.84 Å². The summed E-state index contributed by atoms with van der Waals surface area (Å²) in [5.41, 5.74) is 0. The SMILES string of the molecule is O=C(O)ON1C(=O)CC(C2CCCO2)C1=O. The van der Waals surface area contributed by atoms with Crippen LogP contribution in [-0.4, -0.2) is 40.9 Å². The molecule has 0 saturated carbocycles. The zero-order valence-electron chi connectivity index (χ0n) is 8.42. The Balaban J connectivity index is 2.06. The number of nitrogens with zero attached hydrogens (tertiary/aromatic N) is 1. The Labute approximate surface area is 90.9 Å². The molecular formula is C9H11NO6. The van der Waals surface area contributed by atoms with Gasteiger partial charge in [0.2, 0.25) is 0 Å². The molecule has 2 saturated heterocycles. The first-order valence-corrected chi connectivity index (χ1v) is 4.99. The molecule has 0 spiro atoms. The van der Waals surface area contributed by atoms with E-state index in [2.05, 4.69) is 4.84 Å². The van der Waals surface area contributed by atoms with Gasteiger partial charge in [-0.15, -0.1) is 0 Å². The van der Waals surface area contributed by atoms with E-state index in [9.17, 15) is 14.4 Å². The molecule has 0 bridgehead atoms. The Kier molecular flexibility index (Phi) is 2.78. The molecule has 7 nitrogen and oxygen atoms in total. The van der Waals surface area contributed by atoms with Gasteiger partial charge >= 0.3 is 6.16 Å². The third-order valence-electron chi connectivity index (χ3n) is 2.72. The van der Waals surface area contributed by atoms with Crippen LogP contribution in [0.25, 0.3) is 0 Å². The van der Waals surface area contributed by atoms with Gasteiger partial charge in [-0.1, -0.05) is 5.06 Å². The van der Waals surface area contributed by atoms with Crippen LogP contribution in [0, 0.1) is 5.92 Å². The van der Waals surface area contributed by atoms with Crippen molar-refractivity contribution in [3.05, 3.63) is 0 Å². The van der Waals surface area contributed by atoms with Crippen LogP contribution in [0.5, 0.6) is 0 Å². The molecule has 88 valence electrons. The number of carbonyl (C=O) groups is 3. The lowest BCUT2D eigenvalue weighted by molar-refractivity contribution is -0.177. The first-order chi connectivity index (χ1) is 7.59. The second-order valence-electron chi connectivity index (χ2n) is 3.75. The summed E-state index contributed by atoms with van der Waals surface area (Å²) < 4.78 is 5.31. The smallest absolute Gasteiger partial charge is 0.448 e. The fourth-order valence-electron chi connectivity index (χ4n) is 2.02. The standard InChI is InChI=1S/C9H11NO6/c11-7-4-5(6-2-1-3-15-6)8(12)10(7)16-9(13)14/h5-6H,1-4H2,(H,13,14). The van der Waals surface area contributed by atoms with Crippen molar-refractivity contribution in [3.63, 3.8) is 0 Å². The lowest BCUT2D eigenvalue weighted by atomic mass is 9.98. The highest BCUT2D eigenvalue weighted by molar-refractivity contribution is 6.03. The van der Waals surface area contributed by atoms with E-state index in [1.807, 2.05) is 0 Å². The fraction of sp³-hybridized carbons (Fsp3) is 0.667. The quantitative estimate of drug-likeness (QED) is 0.677. The maximum atomic E-state index is 11.7. The van der Waals surface area contributed by atoms with E-state index in [-0.39, 0.29) is 12.5 Å². The number of hydrogen-bond acceptors (Lipinski definition) is 5. The average Bonchev–Trinajstić information content (AvgIpc) is 2.80. The molecule has 7 heteroatoms. The van der Waals surface area contributed by atoms with E-state index >= 15 is 0 Å². The summed E-state index contributed by atoms with van der Waals surface area (Å²) in [7, 11) is 0. The highest BCUT2D eigenvalue weighted by Crippen LogP contribution is 2.30. The van der Waals surface area contributed by atoms with Gasteiger partial charge in [0, 0.05) is 13.0 Å². The van der Waals surface area contributed by atoms with Crippen molar-refractivity contribution in [2.45, 2.75) is 25.4 Å². The first kappa shape index (κ1) is 10.9. The highest BCUT2D eigenvalue weighted by Gasteiger charge is 2.46. The van der Waals surface area contributed by atoms with Crippen LogP contribution in [0.4, 0.5) is 4.79 Å². The molecule has 2 rings (SSSR count). The van der Waals surface area contributed by atoms with Crippen LogP contribution in [0.15, 0.2) is 0 Å². The Morgan fingerprint density at radius 2 is 2.25 bits per heavy atom. The van der Waals surface area contributed by atoms with Gasteiger partial charge in [0.1, 0.15) is 0 Å². The number of rotatable bonds is 2. The third kappa shape index (κ3) is 1.85. The molecule has 1 N–H and O–H groups in total. The molecule has 0 aliphatic carbocycles. The van der Waals surface area contributed by atoms with Gasteiger partial charge in [0.15, 0.2) is 0 Å². The topological polar surface area (TPSA) is 93.1 Å². The number of imide groups is 1. The van der Waals surface area contributed by atoms with Crippen LogP contribution in [0.3, 0.4) is 0 Å². The van der Waals surface area contributed by atoms with Crippen molar-refractivity contribution < 1.29 is 29.1 Å². The van der Waals surface area contributed by atoms with Crippen molar-refractivity contribution in [1.82, 2.24) is 5.06 Å². The Morgan fingerprint density at radius 1 is 1.50 bits per heavy atom. The fourth-order valence-corrected chi connectivity index (χ4v) is 2.02. The van der Waals surface area contributed by atoms with E-state index in [1.54, 1.807) is 0 Å². The maximum Gasteiger partial charge on any atom is 0.531 e. The molecule has 0 aromatic heterocycles. The minimum atomic E-state index is -1.67. The maximum absolute atomic E-state index is 11.7. The summed E-state index contributed by atoms with van der Waals surface area (Å²) in [5.74, 6) is -1.86. The summed E-state index contributed by atoms with van der Waals surface area (Å²) in [5, 5.41) is 8.68. The molecule has 2 amide bonds. The highest BCUT2D eigenvalue weighted by atomic mass is 16.8. The minimum absolute atomic E-state index is 0.0449. The van der Waals surface area contributed by atoms with Crippen molar-refractivity contribution in [3.8, 4) is 0 Å². The largest absolute Gasteiger partial charge is 0.531 e. The molecule has 16 heavy (non-hydrogen) atoms. The summed E-state index contributed by atoms with van der Waals surface area (Å²) in [4.78, 5) is 37.4. The van der Waals surface area contributed by atoms with Crippen LogP contribution >= 0.6 is 0 Å². The monoisotopic (exact) mass is 229 g/mol. The minimum Gasteiger partial charge on any atom is -0.448 e. The predicted octanol–water partition coefficient (Wildman–Crippen LogP) is 0.150. The van der Waals surface area contributed by atoms with Crippen molar-refractivity contribution in [2.24, 2.45) is 5.92 Å². The van der Waals surface area contributed by atoms with Gasteiger partial charge in [-0.05, 0) is 12.8 Å². The lowest BCUT2D eigenvalue weighted by Gasteiger charge is -2.15. The number of ether oxygens (including phenoxy) is 1. The number of carbonyl (C=O) groups excluding carboxylic acids is 2. The van der Waals surface area contributed by atoms with Gasteiger partial charge in [-0.25, -0.2) is 4.79 Å². The summed E-state index contributed by atoms with van der Waals surface area (Å²) in [6.45, 7) is 0.572. The van der Waals surface area contributed by atoms with Crippen LogP contribution < -0.4 is 0 Å². The molecule has 0 aromatic carbocycles. The van der Waals surface area contributed by atoms with Crippen molar-refractivity contribution in [1.29, 1.82) is 0 Å². The van der Waals surface area contributed by atoms with E-state index in [0.717, 1.165) is 6.42 Å². The van der Waals surface area contributed by atoms with Crippen molar-refractivity contribution >= 4 is 18.0 Å². The number of amides is 2. The molecule has 2 heterocycles. The first-order valence-electron chi connectivity index (χ1n) is 4.99. The number of hydrogen-bond donors (Lipinski definition) is 1.